The molecule has 12 atom stereocenters. The summed E-state index contributed by atoms with van der Waals surface area (Å²) >= 11 is 0. The van der Waals surface area contributed by atoms with Crippen LogP contribution in [0.15, 0.2) is 12.1 Å². The van der Waals surface area contributed by atoms with Crippen LogP contribution < -0.4 is 9.47 Å². The van der Waals surface area contributed by atoms with Crippen LogP contribution in [0.2, 0.25) is 0 Å². The largest absolute Gasteiger partial charge is 0.508 e. The normalized spacial score (nSPS) is 41.6. The molecule has 2 aromatic rings. The van der Waals surface area contributed by atoms with Crippen molar-refractivity contribution in [1.82, 2.24) is 0 Å². The van der Waals surface area contributed by atoms with Crippen LogP contribution in [-0.4, -0.2) is 60.7 Å². The monoisotopic (exact) mass is 800 g/mol. The molecule has 316 valence electrons. The third-order valence-corrected chi connectivity index (χ3v) is 18.5. The highest BCUT2D eigenvalue weighted by Gasteiger charge is 2.70. The number of fused-ring (bicyclic) bond motifs is 8. The standard InChI is InChI=1S/C48H64O10/c1-23-10-12-32-43(4,5)34(53)14-16-45(32,8)47(23)20-28-30(51)18-26(22-49)36(41(28)57-47)38-39(54)27-19-31(52)29-21-48(58-42(29)37(27)40(38)55)24(2)11-13-33-44(6,7)35(56-25(3)50)15-17-46(33,48)9/h18-19,23-24,32-35,38,40,49,51-53,55H,10-17,20-22H2,1-9H3. The molecule has 5 aliphatic carbocycles. The summed E-state index contributed by atoms with van der Waals surface area (Å²) in [5.74, 6) is -0.740. The van der Waals surface area contributed by atoms with Crippen molar-refractivity contribution >= 4 is 11.8 Å². The van der Waals surface area contributed by atoms with E-state index in [9.17, 15) is 35.1 Å². The fourth-order valence-corrected chi connectivity index (χ4v) is 15.2. The highest BCUT2D eigenvalue weighted by molar-refractivity contribution is 6.08. The zero-order valence-corrected chi connectivity index (χ0v) is 35.8. The van der Waals surface area contributed by atoms with Crippen molar-refractivity contribution in [3.63, 3.8) is 0 Å². The number of phenolic OH excluding ortho intramolecular Hbond substituents is 2. The summed E-state index contributed by atoms with van der Waals surface area (Å²) < 4.78 is 20.5. The third-order valence-electron chi connectivity index (χ3n) is 18.5. The molecule has 4 saturated carbocycles. The van der Waals surface area contributed by atoms with Crippen molar-refractivity contribution < 1.29 is 49.3 Å². The number of ether oxygens (including phenoxy) is 3. The van der Waals surface area contributed by atoms with Gasteiger partial charge >= 0.3 is 5.97 Å². The van der Waals surface area contributed by atoms with Gasteiger partial charge in [-0.25, -0.2) is 0 Å². The number of aliphatic hydroxyl groups is 3. The van der Waals surface area contributed by atoms with Gasteiger partial charge in [-0.2, -0.15) is 0 Å². The minimum atomic E-state index is -1.37. The second-order valence-electron chi connectivity index (χ2n) is 21.5. The van der Waals surface area contributed by atoms with Gasteiger partial charge in [0, 0.05) is 63.8 Å². The van der Waals surface area contributed by atoms with Gasteiger partial charge in [-0.15, -0.1) is 0 Å². The van der Waals surface area contributed by atoms with Gasteiger partial charge in [0.05, 0.1) is 24.7 Å². The van der Waals surface area contributed by atoms with Crippen LogP contribution in [0.3, 0.4) is 0 Å². The molecule has 10 heteroatoms. The molecule has 0 saturated heterocycles. The zero-order chi connectivity index (χ0) is 41.9. The summed E-state index contributed by atoms with van der Waals surface area (Å²) in [5.41, 5.74) is -0.569. The smallest absolute Gasteiger partial charge is 0.302 e. The van der Waals surface area contributed by atoms with E-state index < -0.39 is 41.7 Å². The first-order valence-electron chi connectivity index (χ1n) is 21.9. The number of hydrogen-bond acceptors (Lipinski definition) is 10. The maximum Gasteiger partial charge on any atom is 0.302 e. The van der Waals surface area contributed by atoms with E-state index in [2.05, 4.69) is 55.4 Å². The highest BCUT2D eigenvalue weighted by Crippen LogP contribution is 2.70. The minimum Gasteiger partial charge on any atom is -0.508 e. The summed E-state index contributed by atoms with van der Waals surface area (Å²) in [6.07, 6.45) is 5.18. The van der Waals surface area contributed by atoms with Crippen molar-refractivity contribution in [2.45, 2.75) is 169 Å². The predicted octanol–water partition coefficient (Wildman–Crippen LogP) is 7.99. The van der Waals surface area contributed by atoms with E-state index in [1.54, 1.807) is 0 Å². The number of phenols is 2. The van der Waals surface area contributed by atoms with Crippen LogP contribution in [0.5, 0.6) is 23.0 Å². The average molecular weight is 801 g/mol. The Labute approximate surface area is 342 Å². The topological polar surface area (TPSA) is 163 Å². The molecule has 7 aliphatic rings. The van der Waals surface area contributed by atoms with E-state index in [0.717, 1.165) is 38.5 Å². The van der Waals surface area contributed by atoms with Gasteiger partial charge in [0.2, 0.25) is 0 Å². The fraction of sp³-hybridized carbons (Fsp3) is 0.708. The molecule has 0 radical (unpaired) electrons. The maximum absolute atomic E-state index is 14.9. The molecule has 9 rings (SSSR count). The Balaban J connectivity index is 1.13. The number of benzene rings is 2. The second kappa shape index (κ2) is 12.6. The van der Waals surface area contributed by atoms with E-state index in [1.807, 2.05) is 0 Å². The number of ketones is 1. The fourth-order valence-electron chi connectivity index (χ4n) is 15.2. The van der Waals surface area contributed by atoms with E-state index in [-0.39, 0.29) is 74.5 Å². The Kier molecular flexibility index (Phi) is 8.71. The van der Waals surface area contributed by atoms with Crippen LogP contribution in [0, 0.1) is 45.3 Å². The van der Waals surface area contributed by atoms with Gasteiger partial charge in [-0.3, -0.25) is 9.59 Å². The first kappa shape index (κ1) is 40.1. The molecule has 0 amide bonds. The van der Waals surface area contributed by atoms with E-state index >= 15 is 0 Å². The van der Waals surface area contributed by atoms with Gasteiger partial charge in [-0.05, 0) is 98.1 Å². The first-order chi connectivity index (χ1) is 27.1. The molecule has 10 nitrogen and oxygen atoms in total. The van der Waals surface area contributed by atoms with Crippen LogP contribution in [0.1, 0.15) is 164 Å². The van der Waals surface area contributed by atoms with Crippen molar-refractivity contribution in [2.75, 3.05) is 0 Å². The number of Topliss-reactive ketones (excluding diaryl/α,β-unsaturated/α-hetero) is 1. The Morgan fingerprint density at radius 2 is 1.28 bits per heavy atom. The molecule has 2 spiro atoms. The number of hydrogen-bond donors (Lipinski definition) is 5. The molecule has 2 aliphatic heterocycles. The lowest BCUT2D eigenvalue weighted by Crippen LogP contribution is -2.67. The molecular weight excluding hydrogens is 737 g/mol. The molecular formula is C48H64O10. The Bertz CT molecular complexity index is 2110. The summed E-state index contributed by atoms with van der Waals surface area (Å²) in [4.78, 5) is 27.1. The molecule has 2 heterocycles. The average Bonchev–Trinajstić information content (AvgIpc) is 3.83. The summed E-state index contributed by atoms with van der Waals surface area (Å²) in [5, 5.41) is 58.1. The van der Waals surface area contributed by atoms with Gasteiger partial charge in [-0.1, -0.05) is 55.4 Å². The van der Waals surface area contributed by atoms with Crippen molar-refractivity contribution in [1.29, 1.82) is 0 Å². The minimum absolute atomic E-state index is 0.00519. The van der Waals surface area contributed by atoms with Crippen LogP contribution in [0.4, 0.5) is 0 Å². The summed E-state index contributed by atoms with van der Waals surface area (Å²) in [6.45, 7) is 18.6. The van der Waals surface area contributed by atoms with Gasteiger partial charge in [0.1, 0.15) is 40.3 Å². The summed E-state index contributed by atoms with van der Waals surface area (Å²) in [7, 11) is 0. The van der Waals surface area contributed by atoms with Gasteiger partial charge < -0.3 is 39.7 Å². The quantitative estimate of drug-likeness (QED) is 0.192. The number of carbonyl (C=O) groups is 2. The number of aromatic hydroxyl groups is 2. The Morgan fingerprint density at radius 1 is 0.759 bits per heavy atom. The molecule has 0 bridgehead atoms. The number of carbonyl (C=O) groups excluding carboxylic acids is 2. The number of rotatable bonds is 3. The lowest BCUT2D eigenvalue weighted by atomic mass is 9.43. The lowest BCUT2D eigenvalue weighted by Gasteiger charge is -2.64. The Morgan fingerprint density at radius 3 is 1.83 bits per heavy atom. The second-order valence-corrected chi connectivity index (χ2v) is 21.5. The summed E-state index contributed by atoms with van der Waals surface area (Å²) in [6, 6.07) is 3.01. The highest BCUT2D eigenvalue weighted by atomic mass is 16.5. The molecule has 12 unspecified atom stereocenters. The lowest BCUT2D eigenvalue weighted by molar-refractivity contribution is -0.218. The molecule has 5 N–H and O–H groups in total. The molecule has 0 aromatic heterocycles. The molecule has 2 aromatic carbocycles. The van der Waals surface area contributed by atoms with E-state index in [1.165, 1.54) is 19.1 Å². The predicted molar refractivity (Wildman–Crippen MR) is 216 cm³/mol. The van der Waals surface area contributed by atoms with E-state index in [0.29, 0.717) is 65.0 Å². The van der Waals surface area contributed by atoms with E-state index in [4.69, 9.17) is 14.2 Å². The zero-order valence-electron chi connectivity index (χ0n) is 35.8. The molecule has 58 heavy (non-hydrogen) atoms. The van der Waals surface area contributed by atoms with Crippen molar-refractivity contribution in [3.05, 3.63) is 45.5 Å². The third kappa shape index (κ3) is 4.83. The number of aliphatic hydroxyl groups excluding tert-OH is 3. The maximum atomic E-state index is 14.9. The SMILES string of the molecule is CC(=O)OC1CCC2(C)C(CCC(C)C23Cc2c(O)cc4c(c2O3)C(O)C(c2c(CO)cc(O)c3c2OC2(C3)C(C)CCC3C(C)(C)C(O)CCC32C)C4=O)C1(C)C. The van der Waals surface area contributed by atoms with Crippen LogP contribution in [-0.2, 0) is 29.0 Å². The Hall–Kier alpha value is -3.34. The molecule has 4 fully saturated rings. The first-order valence-corrected chi connectivity index (χ1v) is 21.9. The number of esters is 1. The van der Waals surface area contributed by atoms with Crippen LogP contribution in [0.25, 0.3) is 0 Å². The van der Waals surface area contributed by atoms with Crippen LogP contribution >= 0.6 is 0 Å². The van der Waals surface area contributed by atoms with Gasteiger partial charge in [0.25, 0.3) is 0 Å². The van der Waals surface area contributed by atoms with Crippen molar-refractivity contribution in [3.8, 4) is 23.0 Å². The van der Waals surface area contributed by atoms with Gasteiger partial charge in [0.15, 0.2) is 5.78 Å². The van der Waals surface area contributed by atoms with Crippen molar-refractivity contribution in [2.24, 2.45) is 45.3 Å².